The molecule has 178 valence electrons. The van der Waals surface area contributed by atoms with Crippen LogP contribution in [0.1, 0.15) is 54.3 Å². The maximum atomic E-state index is 10.9. The van der Waals surface area contributed by atoms with E-state index in [1.165, 1.54) is 21.6 Å². The molecular weight excluding hydrogens is 484 g/mol. The van der Waals surface area contributed by atoms with Gasteiger partial charge in [-0.2, -0.15) is 0 Å². The molecule has 0 saturated heterocycles. The van der Waals surface area contributed by atoms with E-state index in [2.05, 4.69) is 10.6 Å². The number of fused-ring (bicyclic) bond motifs is 2. The molecule has 2 aromatic carbocycles. The molecule has 0 unspecified atom stereocenters. The molecular formula is C22H20N2O8S2. The summed E-state index contributed by atoms with van der Waals surface area (Å²) in [6.07, 6.45) is 0.259. The molecule has 4 rings (SSSR count). The van der Waals surface area contributed by atoms with Crippen molar-refractivity contribution < 1.29 is 39.0 Å². The van der Waals surface area contributed by atoms with Gasteiger partial charge in [-0.3, -0.25) is 39.4 Å². The van der Waals surface area contributed by atoms with Crippen LogP contribution < -0.4 is 10.6 Å². The summed E-state index contributed by atoms with van der Waals surface area (Å²) in [7, 11) is 2.79. The summed E-state index contributed by atoms with van der Waals surface area (Å²) in [5.41, 5.74) is 1.88. The van der Waals surface area contributed by atoms with Crippen LogP contribution in [0.15, 0.2) is 48.5 Å². The van der Waals surface area contributed by atoms with Gasteiger partial charge in [0.1, 0.15) is 0 Å². The fraction of sp³-hybridized carbons (Fsp3) is 0.182. The quantitative estimate of drug-likeness (QED) is 0.250. The largest absolute Gasteiger partial charge is 0.481 e. The summed E-state index contributed by atoms with van der Waals surface area (Å²) in [4.78, 5) is 63.8. The molecule has 0 aliphatic carbocycles. The second-order valence-corrected chi connectivity index (χ2v) is 9.29. The van der Waals surface area contributed by atoms with Crippen molar-refractivity contribution in [3.8, 4) is 0 Å². The molecule has 2 heterocycles. The SMILES string of the molecule is O=C(O)CCSSCCC(=O)O.O=C1NC(=O)c2ccccc21.O=C1NC(=O)c2ccccc21. The van der Waals surface area contributed by atoms with Crippen LogP contribution >= 0.6 is 21.6 Å². The van der Waals surface area contributed by atoms with E-state index >= 15 is 0 Å². The predicted molar refractivity (Wildman–Crippen MR) is 126 cm³/mol. The highest BCUT2D eigenvalue weighted by Gasteiger charge is 2.25. The number of imide groups is 2. The molecule has 2 aliphatic rings. The van der Waals surface area contributed by atoms with Crippen molar-refractivity contribution in [3.63, 3.8) is 0 Å². The maximum Gasteiger partial charge on any atom is 0.304 e. The first-order valence-corrected chi connectivity index (χ1v) is 12.3. The van der Waals surface area contributed by atoms with Crippen molar-refractivity contribution in [2.45, 2.75) is 12.8 Å². The molecule has 34 heavy (non-hydrogen) atoms. The molecule has 4 amide bonds. The number of amides is 4. The molecule has 2 aromatic rings. The highest BCUT2D eigenvalue weighted by Crippen LogP contribution is 2.22. The summed E-state index contributed by atoms with van der Waals surface area (Å²) in [6.45, 7) is 0. The fourth-order valence-electron chi connectivity index (χ4n) is 2.61. The first-order chi connectivity index (χ1) is 16.2. The molecule has 10 nitrogen and oxygen atoms in total. The predicted octanol–water partition coefficient (Wildman–Crippen LogP) is 2.46. The zero-order valence-corrected chi connectivity index (χ0v) is 19.2. The Labute approximate surface area is 201 Å². The number of nitrogens with one attached hydrogen (secondary N) is 2. The van der Waals surface area contributed by atoms with Gasteiger partial charge < -0.3 is 10.2 Å². The fourth-order valence-corrected chi connectivity index (χ4v) is 4.57. The molecule has 12 heteroatoms. The van der Waals surface area contributed by atoms with Gasteiger partial charge in [0.05, 0.1) is 35.1 Å². The zero-order chi connectivity index (χ0) is 25.1. The van der Waals surface area contributed by atoms with Crippen LogP contribution in [0.4, 0.5) is 0 Å². The molecule has 4 N–H and O–H groups in total. The van der Waals surface area contributed by atoms with E-state index in [1.54, 1.807) is 48.5 Å². The van der Waals surface area contributed by atoms with Crippen LogP contribution in [0.3, 0.4) is 0 Å². The summed E-state index contributed by atoms with van der Waals surface area (Å²) in [5.74, 6) is -1.78. The number of benzene rings is 2. The van der Waals surface area contributed by atoms with Crippen LogP contribution in [-0.2, 0) is 9.59 Å². The minimum atomic E-state index is -0.818. The Kier molecular flexibility index (Phi) is 10.3. The van der Waals surface area contributed by atoms with Gasteiger partial charge in [0.25, 0.3) is 23.6 Å². The van der Waals surface area contributed by atoms with E-state index in [-0.39, 0.29) is 36.5 Å². The number of aliphatic carboxylic acids is 2. The lowest BCUT2D eigenvalue weighted by Gasteiger charge is -1.95. The minimum absolute atomic E-state index is 0.130. The summed E-state index contributed by atoms with van der Waals surface area (Å²) in [5, 5.41) is 20.9. The number of hydrogen-bond donors (Lipinski definition) is 4. The monoisotopic (exact) mass is 504 g/mol. The van der Waals surface area contributed by atoms with E-state index < -0.39 is 11.9 Å². The number of carbonyl (C=O) groups is 6. The number of rotatable bonds is 7. The van der Waals surface area contributed by atoms with Gasteiger partial charge in [0, 0.05) is 11.5 Å². The summed E-state index contributed by atoms with van der Waals surface area (Å²) in [6, 6.07) is 13.5. The van der Waals surface area contributed by atoms with E-state index in [1.807, 2.05) is 0 Å². The van der Waals surface area contributed by atoms with Gasteiger partial charge in [-0.25, -0.2) is 0 Å². The maximum absolute atomic E-state index is 10.9. The standard InChI is InChI=1S/2C8H5NO2.C6H10O4S2/c2*10-7-5-3-1-2-4-6(5)8(11)9-7;7-5(8)1-3-11-12-4-2-6(9)10/h2*1-4H,(H,9,10,11);1-4H2,(H,7,8)(H,9,10). The van der Waals surface area contributed by atoms with Crippen molar-refractivity contribution in [2.24, 2.45) is 0 Å². The van der Waals surface area contributed by atoms with Gasteiger partial charge in [0.2, 0.25) is 0 Å². The first kappa shape index (κ1) is 26.6. The molecule has 0 atom stereocenters. The van der Waals surface area contributed by atoms with E-state index in [0.29, 0.717) is 33.8 Å². The van der Waals surface area contributed by atoms with Crippen molar-refractivity contribution in [2.75, 3.05) is 11.5 Å². The van der Waals surface area contributed by atoms with Crippen molar-refractivity contribution in [1.82, 2.24) is 10.6 Å². The molecule has 0 fully saturated rings. The van der Waals surface area contributed by atoms with Crippen LogP contribution in [0, 0.1) is 0 Å². The normalized spacial score (nSPS) is 12.8. The van der Waals surface area contributed by atoms with Crippen LogP contribution in [0.2, 0.25) is 0 Å². The summed E-state index contributed by atoms with van der Waals surface area (Å²) >= 11 is 0. The van der Waals surface area contributed by atoms with Gasteiger partial charge in [-0.1, -0.05) is 45.9 Å². The Morgan fingerprint density at radius 2 is 0.853 bits per heavy atom. The Morgan fingerprint density at radius 3 is 1.09 bits per heavy atom. The van der Waals surface area contributed by atoms with Gasteiger partial charge in [-0.05, 0) is 24.3 Å². The highest BCUT2D eigenvalue weighted by molar-refractivity contribution is 8.76. The lowest BCUT2D eigenvalue weighted by Crippen LogP contribution is -2.19. The van der Waals surface area contributed by atoms with Crippen molar-refractivity contribution >= 4 is 57.2 Å². The summed E-state index contributed by atoms with van der Waals surface area (Å²) < 4.78 is 0. The third-order valence-corrected chi connectivity index (χ3v) is 6.58. The van der Waals surface area contributed by atoms with Gasteiger partial charge >= 0.3 is 11.9 Å². The van der Waals surface area contributed by atoms with Crippen molar-refractivity contribution in [3.05, 3.63) is 70.8 Å². The molecule has 0 aromatic heterocycles. The Bertz CT molecular complexity index is 966. The van der Waals surface area contributed by atoms with Gasteiger partial charge in [-0.15, -0.1) is 0 Å². The van der Waals surface area contributed by atoms with Crippen LogP contribution in [-0.4, -0.2) is 57.3 Å². The first-order valence-electron chi connectivity index (χ1n) is 9.78. The number of hydrogen-bond acceptors (Lipinski definition) is 8. The number of carboxylic acid groups (broad SMARTS) is 2. The average Bonchev–Trinajstić information content (AvgIpc) is 3.26. The lowest BCUT2D eigenvalue weighted by molar-refractivity contribution is -0.137. The molecule has 0 bridgehead atoms. The minimum Gasteiger partial charge on any atom is -0.481 e. The smallest absolute Gasteiger partial charge is 0.304 e. The van der Waals surface area contributed by atoms with Gasteiger partial charge in [0.15, 0.2) is 0 Å². The topological polar surface area (TPSA) is 167 Å². The average molecular weight is 505 g/mol. The van der Waals surface area contributed by atoms with Crippen LogP contribution in [0.25, 0.3) is 0 Å². The van der Waals surface area contributed by atoms with E-state index in [4.69, 9.17) is 10.2 Å². The second kappa shape index (κ2) is 13.2. The molecule has 2 aliphatic heterocycles. The Hall–Kier alpha value is -3.64. The third-order valence-electron chi connectivity index (χ3n) is 4.17. The lowest BCUT2D eigenvalue weighted by atomic mass is 10.1. The van der Waals surface area contributed by atoms with Crippen molar-refractivity contribution in [1.29, 1.82) is 0 Å². The Morgan fingerprint density at radius 1 is 0.588 bits per heavy atom. The number of carbonyl (C=O) groups excluding carboxylic acids is 4. The van der Waals surface area contributed by atoms with E-state index in [0.717, 1.165) is 0 Å². The highest BCUT2D eigenvalue weighted by atomic mass is 33.1. The molecule has 0 spiro atoms. The number of carboxylic acids is 2. The third kappa shape index (κ3) is 8.05. The zero-order valence-electron chi connectivity index (χ0n) is 17.6. The second-order valence-electron chi connectivity index (χ2n) is 6.59. The molecule has 0 saturated carbocycles. The molecule has 0 radical (unpaired) electrons. The van der Waals surface area contributed by atoms with Crippen LogP contribution in [0.5, 0.6) is 0 Å². The van der Waals surface area contributed by atoms with E-state index in [9.17, 15) is 28.8 Å². The Balaban J connectivity index is 0.000000180.